The van der Waals surface area contributed by atoms with Crippen molar-refractivity contribution in [2.45, 2.75) is 0 Å². The molecule has 3 aromatic carbocycles. The maximum atomic E-state index is 6.13. The van der Waals surface area contributed by atoms with Gasteiger partial charge in [-0.25, -0.2) is 4.98 Å². The van der Waals surface area contributed by atoms with Crippen molar-refractivity contribution >= 4 is 56.5 Å². The molecule has 0 amide bonds. The largest absolute Gasteiger partial charge is 0.298 e. The molecular weight excluding hydrogens is 343 g/mol. The number of benzene rings is 3. The lowest BCUT2D eigenvalue weighted by atomic mass is 10.1. The minimum absolute atomic E-state index is 0.523. The van der Waals surface area contributed by atoms with Crippen LogP contribution in [0.5, 0.6) is 0 Å². The van der Waals surface area contributed by atoms with Gasteiger partial charge in [0, 0.05) is 5.02 Å². The first kappa shape index (κ1) is 15.0. The Balaban J connectivity index is 1.63. The summed E-state index contributed by atoms with van der Waals surface area (Å²) in [7, 11) is 0. The zero-order valence-corrected chi connectivity index (χ0v) is 13.9. The van der Waals surface area contributed by atoms with E-state index in [0.717, 1.165) is 21.8 Å². The van der Waals surface area contributed by atoms with Gasteiger partial charge in [-0.1, -0.05) is 47.5 Å². The van der Waals surface area contributed by atoms with Crippen molar-refractivity contribution in [2.24, 2.45) is 0 Å². The monoisotopic (exact) mass is 354 g/mol. The second kappa shape index (κ2) is 6.15. The third-order valence-electron chi connectivity index (χ3n) is 3.67. The molecule has 0 saturated carbocycles. The normalized spacial score (nSPS) is 10.9. The molecule has 24 heavy (non-hydrogen) atoms. The number of nitrogens with zero attached hydrogens (tertiary/aromatic N) is 2. The Kier molecular flexibility index (Phi) is 3.84. The number of rotatable bonds is 3. The minimum Gasteiger partial charge on any atom is -0.298 e. The molecule has 0 aliphatic carbocycles. The van der Waals surface area contributed by atoms with Crippen LogP contribution in [0.3, 0.4) is 0 Å². The van der Waals surface area contributed by atoms with E-state index in [1.165, 1.54) is 0 Å². The Morgan fingerprint density at radius 2 is 1.54 bits per heavy atom. The molecule has 6 heteroatoms. The number of hydrogen-bond donors (Lipinski definition) is 2. The Morgan fingerprint density at radius 1 is 0.792 bits per heavy atom. The van der Waals surface area contributed by atoms with Gasteiger partial charge in [-0.2, -0.15) is 0 Å². The maximum absolute atomic E-state index is 6.13. The van der Waals surface area contributed by atoms with Crippen LogP contribution in [0, 0.1) is 0 Å². The van der Waals surface area contributed by atoms with Gasteiger partial charge in [0.05, 0.1) is 27.9 Å². The Bertz CT molecular complexity index is 1050. The molecule has 4 rings (SSSR count). The predicted octanol–water partition coefficient (Wildman–Crippen LogP) is 5.53. The summed E-state index contributed by atoms with van der Waals surface area (Å²) in [6.45, 7) is 0. The van der Waals surface area contributed by atoms with E-state index in [1.807, 2.05) is 24.3 Å². The molecule has 2 N–H and O–H groups in total. The van der Waals surface area contributed by atoms with Crippen LogP contribution in [0.2, 0.25) is 10.0 Å². The zero-order chi connectivity index (χ0) is 16.5. The van der Waals surface area contributed by atoms with Gasteiger partial charge in [-0.05, 0) is 41.1 Å². The van der Waals surface area contributed by atoms with Crippen LogP contribution in [0.1, 0.15) is 0 Å². The van der Waals surface area contributed by atoms with E-state index in [4.69, 9.17) is 23.2 Å². The average molecular weight is 355 g/mol. The van der Waals surface area contributed by atoms with Crippen LogP contribution in [-0.4, -0.2) is 9.97 Å². The summed E-state index contributed by atoms with van der Waals surface area (Å²) in [6.07, 6.45) is 1.67. The van der Waals surface area contributed by atoms with Crippen molar-refractivity contribution in [3.05, 3.63) is 70.8 Å². The third kappa shape index (κ3) is 2.94. The van der Waals surface area contributed by atoms with Crippen molar-refractivity contribution in [3.8, 4) is 0 Å². The molecule has 0 spiro atoms. The number of nitrogens with one attached hydrogen (secondary N) is 2. The van der Waals surface area contributed by atoms with E-state index in [1.54, 1.807) is 24.4 Å². The summed E-state index contributed by atoms with van der Waals surface area (Å²) in [5, 5.41) is 3.38. The second-order valence-corrected chi connectivity index (χ2v) is 6.16. The molecule has 0 unspecified atom stereocenters. The van der Waals surface area contributed by atoms with Gasteiger partial charge < -0.3 is 0 Å². The summed E-state index contributed by atoms with van der Waals surface area (Å²) in [6, 6.07) is 17.4. The number of aromatic nitrogens is 2. The fourth-order valence-corrected chi connectivity index (χ4v) is 2.94. The quantitative estimate of drug-likeness (QED) is 0.375. The average Bonchev–Trinajstić information content (AvgIpc) is 2.59. The van der Waals surface area contributed by atoms with Crippen LogP contribution in [0.25, 0.3) is 21.8 Å². The molecule has 1 heterocycles. The van der Waals surface area contributed by atoms with Crippen LogP contribution in [-0.2, 0) is 0 Å². The molecule has 4 aromatic rings. The van der Waals surface area contributed by atoms with E-state index in [0.29, 0.717) is 21.6 Å². The second-order valence-electron chi connectivity index (χ2n) is 5.32. The lowest BCUT2D eigenvalue weighted by Gasteiger charge is -2.11. The van der Waals surface area contributed by atoms with Gasteiger partial charge in [-0.3, -0.25) is 15.8 Å². The molecule has 1 aromatic heterocycles. The number of anilines is 2. The van der Waals surface area contributed by atoms with Crippen molar-refractivity contribution in [1.29, 1.82) is 0 Å². The van der Waals surface area contributed by atoms with E-state index in [2.05, 4.69) is 33.0 Å². The van der Waals surface area contributed by atoms with Crippen molar-refractivity contribution in [2.75, 3.05) is 10.9 Å². The topological polar surface area (TPSA) is 49.8 Å². The summed E-state index contributed by atoms with van der Waals surface area (Å²) in [4.78, 5) is 9.04. The summed E-state index contributed by atoms with van der Waals surface area (Å²) in [5.74, 6) is 0.601. The number of hydrazine groups is 1. The standard InChI is InChI=1S/C18H12Cl2N4/c19-13-5-6-15(14(20)9-13)23-24-18-10-21-16-7-11-3-1-2-4-12(11)8-17(16)22-18/h1-10,23H,(H,22,24). The summed E-state index contributed by atoms with van der Waals surface area (Å²) >= 11 is 12.0. The highest BCUT2D eigenvalue weighted by atomic mass is 35.5. The SMILES string of the molecule is Clc1ccc(NNc2cnc3cc4ccccc4cc3n2)c(Cl)c1. The molecule has 0 aliphatic heterocycles. The summed E-state index contributed by atoms with van der Waals surface area (Å²) < 4.78 is 0. The smallest absolute Gasteiger partial charge is 0.163 e. The Morgan fingerprint density at radius 3 is 2.29 bits per heavy atom. The number of halogens is 2. The van der Waals surface area contributed by atoms with E-state index in [-0.39, 0.29) is 0 Å². The van der Waals surface area contributed by atoms with Gasteiger partial charge in [0.25, 0.3) is 0 Å². The minimum atomic E-state index is 0.523. The lowest BCUT2D eigenvalue weighted by Crippen LogP contribution is -2.10. The van der Waals surface area contributed by atoms with Gasteiger partial charge >= 0.3 is 0 Å². The lowest BCUT2D eigenvalue weighted by molar-refractivity contribution is 1.25. The van der Waals surface area contributed by atoms with Crippen LogP contribution >= 0.6 is 23.2 Å². The number of fused-ring (bicyclic) bond motifs is 2. The first-order chi connectivity index (χ1) is 11.7. The van der Waals surface area contributed by atoms with Crippen LogP contribution in [0.4, 0.5) is 11.5 Å². The summed E-state index contributed by atoms with van der Waals surface area (Å²) in [5.41, 5.74) is 8.41. The predicted molar refractivity (Wildman–Crippen MR) is 101 cm³/mol. The zero-order valence-electron chi connectivity index (χ0n) is 12.4. The van der Waals surface area contributed by atoms with Crippen LogP contribution < -0.4 is 10.9 Å². The van der Waals surface area contributed by atoms with Gasteiger partial charge in [-0.15, -0.1) is 0 Å². The molecule has 0 atom stereocenters. The Labute approximate surface area is 148 Å². The molecule has 0 fully saturated rings. The van der Waals surface area contributed by atoms with Gasteiger partial charge in [0.2, 0.25) is 0 Å². The number of hydrogen-bond acceptors (Lipinski definition) is 4. The third-order valence-corrected chi connectivity index (χ3v) is 4.21. The fourth-order valence-electron chi connectivity index (χ4n) is 2.48. The van der Waals surface area contributed by atoms with Crippen LogP contribution in [0.15, 0.2) is 60.8 Å². The van der Waals surface area contributed by atoms with Gasteiger partial charge in [0.15, 0.2) is 5.82 Å². The molecule has 118 valence electrons. The van der Waals surface area contributed by atoms with Gasteiger partial charge in [0.1, 0.15) is 0 Å². The fraction of sp³-hybridized carbons (Fsp3) is 0. The van der Waals surface area contributed by atoms with E-state index in [9.17, 15) is 0 Å². The molecule has 0 radical (unpaired) electrons. The van der Waals surface area contributed by atoms with Crippen molar-refractivity contribution in [1.82, 2.24) is 9.97 Å². The highest BCUT2D eigenvalue weighted by molar-refractivity contribution is 6.36. The molecule has 4 nitrogen and oxygen atoms in total. The first-order valence-corrected chi connectivity index (χ1v) is 8.07. The van der Waals surface area contributed by atoms with Crippen molar-refractivity contribution < 1.29 is 0 Å². The molecule has 0 saturated heterocycles. The molecular formula is C18H12Cl2N4. The highest BCUT2D eigenvalue weighted by Gasteiger charge is 2.04. The van der Waals surface area contributed by atoms with Crippen molar-refractivity contribution in [3.63, 3.8) is 0 Å². The van der Waals surface area contributed by atoms with E-state index >= 15 is 0 Å². The highest BCUT2D eigenvalue weighted by Crippen LogP contribution is 2.26. The first-order valence-electron chi connectivity index (χ1n) is 7.32. The molecule has 0 aliphatic rings. The Hall–Kier alpha value is -2.56. The molecule has 0 bridgehead atoms. The van der Waals surface area contributed by atoms with E-state index < -0.39 is 0 Å². The maximum Gasteiger partial charge on any atom is 0.163 e.